The summed E-state index contributed by atoms with van der Waals surface area (Å²) < 4.78 is 13.5. The van der Waals surface area contributed by atoms with Crippen molar-refractivity contribution < 1.29 is 14.3 Å². The van der Waals surface area contributed by atoms with Crippen LogP contribution in [0.4, 0.5) is 27.1 Å². The Balaban J connectivity index is 1.38. The Morgan fingerprint density at radius 2 is 1.87 bits per heavy atom. The van der Waals surface area contributed by atoms with Crippen LogP contribution in [-0.4, -0.2) is 75.2 Å². The Bertz CT molecular complexity index is 1440. The first-order valence-corrected chi connectivity index (χ1v) is 13.5. The molecule has 13 heteroatoms. The zero-order valence-electron chi connectivity index (χ0n) is 21.1. The Morgan fingerprint density at radius 3 is 2.59 bits per heavy atom. The number of benzene rings is 2. The molecule has 0 spiro atoms. The van der Waals surface area contributed by atoms with Crippen LogP contribution in [0.25, 0.3) is 11.4 Å². The first-order chi connectivity index (χ1) is 18.9. The number of anilines is 4. The lowest BCUT2D eigenvalue weighted by Gasteiger charge is -2.34. The van der Waals surface area contributed by atoms with Crippen molar-refractivity contribution in [3.63, 3.8) is 0 Å². The fourth-order valence-electron chi connectivity index (χ4n) is 4.10. The molecule has 3 N–H and O–H groups in total. The maximum absolute atomic E-state index is 13.5. The lowest BCUT2D eigenvalue weighted by Crippen LogP contribution is -2.47. The Kier molecular flexibility index (Phi) is 8.27. The van der Waals surface area contributed by atoms with Crippen molar-refractivity contribution in [3.05, 3.63) is 69.9 Å². The van der Waals surface area contributed by atoms with Gasteiger partial charge in [0.1, 0.15) is 10.7 Å². The topological polar surface area (TPSA) is 119 Å². The number of piperazine rings is 1. The molecule has 1 aliphatic heterocycles. The first kappa shape index (κ1) is 26.9. The first-order valence-electron chi connectivity index (χ1n) is 12.3. The van der Waals surface area contributed by atoms with Gasteiger partial charge in [0.25, 0.3) is 5.91 Å². The number of aliphatic hydroxyl groups is 1. The van der Waals surface area contributed by atoms with E-state index in [0.29, 0.717) is 57.7 Å². The van der Waals surface area contributed by atoms with Gasteiger partial charge < -0.3 is 15.3 Å². The number of rotatable bonds is 8. The summed E-state index contributed by atoms with van der Waals surface area (Å²) in [6, 6.07) is 11.3. The molecule has 2 aromatic heterocycles. The number of nitrogens with zero attached hydrogens (tertiary/aromatic N) is 6. The molecule has 0 saturated carbocycles. The molecule has 1 amide bonds. The zero-order chi connectivity index (χ0) is 27.4. The fourth-order valence-corrected chi connectivity index (χ4v) is 5.08. The molecule has 0 radical (unpaired) electrons. The molecule has 1 fully saturated rings. The summed E-state index contributed by atoms with van der Waals surface area (Å²) in [5.74, 6) is 0.413. The van der Waals surface area contributed by atoms with Crippen molar-refractivity contribution in [2.75, 3.05) is 54.9 Å². The van der Waals surface area contributed by atoms with E-state index < -0.39 is 0 Å². The summed E-state index contributed by atoms with van der Waals surface area (Å²) in [5, 5.41) is 16.0. The summed E-state index contributed by atoms with van der Waals surface area (Å²) >= 11 is 7.40. The molecular formula is C26H26ClFN8O2S. The van der Waals surface area contributed by atoms with Crippen molar-refractivity contribution in [2.24, 2.45) is 0 Å². The number of β-amino-alcohol motifs (C(OH)–C–C–N with tert-alkyl or cyclic N) is 1. The summed E-state index contributed by atoms with van der Waals surface area (Å²) in [4.78, 5) is 35.6. The third kappa shape index (κ3) is 6.48. The molecule has 1 saturated heterocycles. The zero-order valence-corrected chi connectivity index (χ0v) is 22.6. The van der Waals surface area contributed by atoms with Crippen LogP contribution in [-0.2, 0) is 0 Å². The monoisotopic (exact) mass is 568 g/mol. The third-order valence-corrected chi connectivity index (χ3v) is 7.43. The molecule has 10 nitrogen and oxygen atoms in total. The second-order valence-corrected chi connectivity index (χ2v) is 10.3. The molecule has 0 atom stereocenters. The molecule has 3 heterocycles. The predicted molar refractivity (Wildman–Crippen MR) is 150 cm³/mol. The van der Waals surface area contributed by atoms with Crippen molar-refractivity contribution in [1.29, 1.82) is 0 Å². The van der Waals surface area contributed by atoms with Crippen LogP contribution >= 0.6 is 22.9 Å². The quantitative estimate of drug-likeness (QED) is 0.287. The van der Waals surface area contributed by atoms with Gasteiger partial charge >= 0.3 is 0 Å². The van der Waals surface area contributed by atoms with Gasteiger partial charge in [-0.1, -0.05) is 35.1 Å². The maximum Gasteiger partial charge on any atom is 0.267 e. The summed E-state index contributed by atoms with van der Waals surface area (Å²) in [7, 11) is 0. The number of amides is 1. The van der Waals surface area contributed by atoms with E-state index in [2.05, 4.69) is 35.5 Å². The number of aromatic nitrogens is 4. The van der Waals surface area contributed by atoms with E-state index in [-0.39, 0.29) is 24.3 Å². The second-order valence-electron chi connectivity index (χ2n) is 8.88. The minimum atomic E-state index is -0.355. The Labute approximate surface area is 233 Å². The lowest BCUT2D eigenvalue weighted by atomic mass is 10.2. The average molecular weight is 569 g/mol. The number of hydrogen-bond acceptors (Lipinski definition) is 10. The number of hydrogen-bond donors (Lipinski definition) is 3. The van der Waals surface area contributed by atoms with Crippen LogP contribution < -0.4 is 15.5 Å². The average Bonchev–Trinajstić information content (AvgIpc) is 3.40. The van der Waals surface area contributed by atoms with Gasteiger partial charge in [0.2, 0.25) is 11.9 Å². The number of nitrogens with one attached hydrogen (secondary N) is 2. The molecule has 0 aliphatic carbocycles. The molecule has 39 heavy (non-hydrogen) atoms. The van der Waals surface area contributed by atoms with E-state index in [1.54, 1.807) is 18.2 Å². The van der Waals surface area contributed by atoms with Crippen molar-refractivity contribution in [2.45, 2.75) is 6.92 Å². The van der Waals surface area contributed by atoms with Crippen LogP contribution in [0, 0.1) is 12.7 Å². The molecule has 0 bridgehead atoms. The number of carbonyl (C=O) groups is 1. The SMILES string of the molecule is Cc1cccc(Cl)c1NC(=O)c1cnc(Nc2nc(-c3ccc(F)cc3)nc(N3CCN(CCO)CC3)n2)s1. The number of thiazole rings is 1. The summed E-state index contributed by atoms with van der Waals surface area (Å²) in [5.41, 5.74) is 2.04. The molecule has 202 valence electrons. The van der Waals surface area contributed by atoms with Crippen LogP contribution in [0.15, 0.2) is 48.7 Å². The molecule has 2 aromatic carbocycles. The molecular weight excluding hydrogens is 543 g/mol. The predicted octanol–water partition coefficient (Wildman–Crippen LogP) is 4.21. The van der Waals surface area contributed by atoms with Crippen molar-refractivity contribution in [3.8, 4) is 11.4 Å². The number of halogens is 2. The minimum Gasteiger partial charge on any atom is -0.395 e. The molecule has 5 rings (SSSR count). The van der Waals surface area contributed by atoms with Crippen LogP contribution in [0.3, 0.4) is 0 Å². The minimum absolute atomic E-state index is 0.111. The van der Waals surface area contributed by atoms with Crippen LogP contribution in [0.5, 0.6) is 0 Å². The fraction of sp³-hybridized carbons (Fsp3) is 0.269. The van der Waals surface area contributed by atoms with Gasteiger partial charge in [-0.2, -0.15) is 15.0 Å². The highest BCUT2D eigenvalue weighted by Crippen LogP contribution is 2.28. The molecule has 1 aliphatic rings. The standard InChI is InChI=1S/C26H26ClFN8O2S/c1-16-3-2-4-19(27)21(16)30-23(38)20-15-29-26(39-20)34-24-31-22(17-5-7-18(28)8-6-17)32-25(33-24)36-11-9-35(10-12-36)13-14-37/h2-8,15,37H,9-14H2,1H3,(H,30,38)(H,29,31,32,33,34). The Hall–Kier alpha value is -3.71. The Morgan fingerprint density at radius 1 is 1.10 bits per heavy atom. The number of para-hydroxylation sites is 1. The van der Waals surface area contributed by atoms with Gasteiger partial charge in [0.05, 0.1) is 23.5 Å². The van der Waals surface area contributed by atoms with Gasteiger partial charge in [-0.05, 0) is 42.8 Å². The van der Waals surface area contributed by atoms with E-state index in [1.807, 2.05) is 24.0 Å². The highest BCUT2D eigenvalue weighted by atomic mass is 35.5. The molecule has 4 aromatic rings. The van der Waals surface area contributed by atoms with E-state index in [9.17, 15) is 14.3 Å². The van der Waals surface area contributed by atoms with Gasteiger partial charge in [0, 0.05) is 38.3 Å². The van der Waals surface area contributed by atoms with Crippen molar-refractivity contribution in [1.82, 2.24) is 24.8 Å². The van der Waals surface area contributed by atoms with Gasteiger partial charge in [0.15, 0.2) is 11.0 Å². The summed E-state index contributed by atoms with van der Waals surface area (Å²) in [6.07, 6.45) is 1.47. The van der Waals surface area contributed by atoms with Crippen LogP contribution in [0.2, 0.25) is 5.02 Å². The van der Waals surface area contributed by atoms with Crippen molar-refractivity contribution >= 4 is 51.6 Å². The van der Waals surface area contributed by atoms with Gasteiger partial charge in [-0.25, -0.2) is 9.37 Å². The van der Waals surface area contributed by atoms with E-state index >= 15 is 0 Å². The normalized spacial score (nSPS) is 13.9. The lowest BCUT2D eigenvalue weighted by molar-refractivity contribution is 0.103. The third-order valence-electron chi connectivity index (χ3n) is 6.21. The maximum atomic E-state index is 13.5. The number of aliphatic hydroxyl groups excluding tert-OH is 1. The highest BCUT2D eigenvalue weighted by molar-refractivity contribution is 7.17. The van der Waals surface area contributed by atoms with Gasteiger partial charge in [-0.15, -0.1) is 0 Å². The number of aryl methyl sites for hydroxylation is 1. The van der Waals surface area contributed by atoms with Crippen LogP contribution in [0.1, 0.15) is 15.2 Å². The molecule has 0 unspecified atom stereocenters. The highest BCUT2D eigenvalue weighted by Gasteiger charge is 2.21. The summed E-state index contributed by atoms with van der Waals surface area (Å²) in [6.45, 7) is 5.47. The largest absolute Gasteiger partial charge is 0.395 e. The van der Waals surface area contributed by atoms with E-state index in [1.165, 1.54) is 18.3 Å². The van der Waals surface area contributed by atoms with E-state index in [0.717, 1.165) is 30.0 Å². The van der Waals surface area contributed by atoms with E-state index in [4.69, 9.17) is 11.6 Å². The van der Waals surface area contributed by atoms with Gasteiger partial charge in [-0.3, -0.25) is 15.0 Å². The smallest absolute Gasteiger partial charge is 0.267 e. The number of carbonyl (C=O) groups excluding carboxylic acids is 1. The second kappa shape index (κ2) is 12.0.